The third-order valence-corrected chi connectivity index (χ3v) is 4.12. The molecule has 1 amide bonds. The Balaban J connectivity index is 1.53. The molecule has 1 aromatic carbocycles. The fourth-order valence-electron chi connectivity index (χ4n) is 2.41. The van der Waals surface area contributed by atoms with Gasteiger partial charge in [-0.25, -0.2) is 4.39 Å². The molecule has 1 heterocycles. The van der Waals surface area contributed by atoms with Crippen molar-refractivity contribution in [1.82, 2.24) is 15.6 Å². The minimum absolute atomic E-state index is 0.00155. The molecular weight excluding hydrogens is 345 g/mol. The van der Waals surface area contributed by atoms with Gasteiger partial charge in [-0.15, -0.1) is 0 Å². The maximum absolute atomic E-state index is 13.6. The zero-order valence-corrected chi connectivity index (χ0v) is 14.3. The van der Waals surface area contributed by atoms with E-state index < -0.39 is 11.9 Å². The molecule has 3 rings (SSSR count). The van der Waals surface area contributed by atoms with Crippen molar-refractivity contribution < 1.29 is 13.9 Å². The first-order valence-corrected chi connectivity index (χ1v) is 8.53. The maximum Gasteiger partial charge on any atom is 0.241 e. The second kappa shape index (κ2) is 8.27. The van der Waals surface area contributed by atoms with Gasteiger partial charge < -0.3 is 10.1 Å². The summed E-state index contributed by atoms with van der Waals surface area (Å²) in [5.41, 5.74) is 0.810. The predicted octanol–water partition coefficient (Wildman–Crippen LogP) is 2.86. The van der Waals surface area contributed by atoms with Crippen LogP contribution in [0, 0.1) is 5.82 Å². The van der Waals surface area contributed by atoms with Crippen LogP contribution in [0.3, 0.4) is 0 Å². The lowest BCUT2D eigenvalue weighted by atomic mass is 10.1. The third kappa shape index (κ3) is 4.90. The van der Waals surface area contributed by atoms with Gasteiger partial charge in [0.2, 0.25) is 5.91 Å². The van der Waals surface area contributed by atoms with Crippen LogP contribution in [0.25, 0.3) is 0 Å². The number of halogens is 2. The van der Waals surface area contributed by atoms with Gasteiger partial charge in [-0.2, -0.15) is 0 Å². The van der Waals surface area contributed by atoms with E-state index in [9.17, 15) is 9.18 Å². The summed E-state index contributed by atoms with van der Waals surface area (Å²) in [6.45, 7) is 0.363. The second-order valence-electron chi connectivity index (χ2n) is 5.85. The Labute approximate surface area is 150 Å². The van der Waals surface area contributed by atoms with Gasteiger partial charge in [0.1, 0.15) is 12.6 Å². The van der Waals surface area contributed by atoms with Gasteiger partial charge in [0, 0.05) is 18.4 Å². The van der Waals surface area contributed by atoms with Gasteiger partial charge in [0.05, 0.1) is 11.6 Å². The summed E-state index contributed by atoms with van der Waals surface area (Å²) < 4.78 is 19.0. The lowest BCUT2D eigenvalue weighted by molar-refractivity contribution is -0.123. The molecule has 1 fully saturated rings. The van der Waals surface area contributed by atoms with E-state index in [2.05, 4.69) is 15.6 Å². The van der Waals surface area contributed by atoms with Crippen LogP contribution in [0.15, 0.2) is 42.7 Å². The highest BCUT2D eigenvalue weighted by molar-refractivity contribution is 6.32. The summed E-state index contributed by atoms with van der Waals surface area (Å²) in [7, 11) is 0. The van der Waals surface area contributed by atoms with E-state index in [1.807, 2.05) is 6.07 Å². The molecule has 1 aliphatic carbocycles. The Kier molecular flexibility index (Phi) is 5.83. The van der Waals surface area contributed by atoms with Gasteiger partial charge >= 0.3 is 0 Å². The van der Waals surface area contributed by atoms with Crippen molar-refractivity contribution in [3.05, 3.63) is 59.1 Å². The van der Waals surface area contributed by atoms with Gasteiger partial charge in [0.15, 0.2) is 11.6 Å². The summed E-state index contributed by atoms with van der Waals surface area (Å²) >= 11 is 5.90. The number of nitrogens with zero attached hydrogens (tertiary/aromatic N) is 1. The normalized spacial score (nSPS) is 14.8. The number of aromatic nitrogens is 1. The van der Waals surface area contributed by atoms with Crippen LogP contribution in [0.5, 0.6) is 5.75 Å². The molecule has 1 aliphatic rings. The first kappa shape index (κ1) is 17.6. The Morgan fingerprint density at radius 3 is 2.88 bits per heavy atom. The number of carbonyl (C=O) groups excluding carboxylic acids is 1. The van der Waals surface area contributed by atoms with Crippen LogP contribution in [0.1, 0.15) is 24.4 Å². The summed E-state index contributed by atoms with van der Waals surface area (Å²) in [6.07, 6.45) is 5.48. The Morgan fingerprint density at radius 1 is 1.36 bits per heavy atom. The van der Waals surface area contributed by atoms with Gasteiger partial charge in [-0.3, -0.25) is 15.1 Å². The van der Waals surface area contributed by atoms with Crippen molar-refractivity contribution in [1.29, 1.82) is 0 Å². The van der Waals surface area contributed by atoms with Crippen LogP contribution in [0.4, 0.5) is 4.39 Å². The van der Waals surface area contributed by atoms with Crippen LogP contribution >= 0.6 is 11.6 Å². The average Bonchev–Trinajstić information content (AvgIpc) is 3.43. The fourth-order valence-corrected chi connectivity index (χ4v) is 2.62. The molecule has 1 atom stereocenters. The highest BCUT2D eigenvalue weighted by Crippen LogP contribution is 2.27. The summed E-state index contributed by atoms with van der Waals surface area (Å²) in [6, 6.07) is 7.90. The molecule has 2 aromatic rings. The summed E-state index contributed by atoms with van der Waals surface area (Å²) in [4.78, 5) is 16.6. The van der Waals surface area contributed by atoms with E-state index in [1.165, 1.54) is 12.1 Å². The van der Waals surface area contributed by atoms with E-state index in [0.29, 0.717) is 6.04 Å². The van der Waals surface area contributed by atoms with Crippen molar-refractivity contribution in [3.8, 4) is 5.75 Å². The Hall–Kier alpha value is -2.18. The molecule has 0 bridgehead atoms. The first-order chi connectivity index (χ1) is 12.1. The zero-order chi connectivity index (χ0) is 17.6. The highest BCUT2D eigenvalue weighted by Gasteiger charge is 2.29. The smallest absolute Gasteiger partial charge is 0.241 e. The van der Waals surface area contributed by atoms with Gasteiger partial charge in [-0.05, 0) is 36.6 Å². The molecule has 0 spiro atoms. The topological polar surface area (TPSA) is 63.2 Å². The number of hydrogen-bond acceptors (Lipinski definition) is 4. The van der Waals surface area contributed by atoms with Crippen LogP contribution < -0.4 is 15.4 Å². The van der Waals surface area contributed by atoms with Gasteiger partial charge in [0.25, 0.3) is 0 Å². The number of amides is 1. The van der Waals surface area contributed by atoms with Crippen molar-refractivity contribution in [2.45, 2.75) is 24.9 Å². The van der Waals surface area contributed by atoms with E-state index >= 15 is 0 Å². The molecule has 2 N–H and O–H groups in total. The van der Waals surface area contributed by atoms with Crippen LogP contribution in [-0.2, 0) is 4.79 Å². The van der Waals surface area contributed by atoms with Crippen molar-refractivity contribution in [3.63, 3.8) is 0 Å². The molecule has 0 radical (unpaired) electrons. The van der Waals surface area contributed by atoms with Gasteiger partial charge in [-0.1, -0.05) is 23.7 Å². The van der Waals surface area contributed by atoms with E-state index in [-0.39, 0.29) is 29.8 Å². The number of benzene rings is 1. The number of para-hydroxylation sites is 1. The third-order valence-electron chi connectivity index (χ3n) is 3.83. The van der Waals surface area contributed by atoms with Crippen molar-refractivity contribution in [2.75, 3.05) is 13.2 Å². The maximum atomic E-state index is 13.6. The molecular formula is C18H19ClFN3O2. The minimum atomic E-state index is -0.525. The van der Waals surface area contributed by atoms with Crippen molar-refractivity contribution >= 4 is 17.5 Å². The number of rotatable bonds is 8. The zero-order valence-electron chi connectivity index (χ0n) is 13.5. The highest BCUT2D eigenvalue weighted by atomic mass is 35.5. The Morgan fingerprint density at radius 2 is 2.20 bits per heavy atom. The van der Waals surface area contributed by atoms with Crippen molar-refractivity contribution in [2.24, 2.45) is 0 Å². The number of nitrogens with one attached hydrogen (secondary N) is 2. The molecule has 1 aromatic heterocycles. The average molecular weight is 364 g/mol. The number of carbonyl (C=O) groups is 1. The molecule has 7 heteroatoms. The number of hydrogen-bond donors (Lipinski definition) is 2. The molecule has 25 heavy (non-hydrogen) atoms. The van der Waals surface area contributed by atoms with E-state index in [1.54, 1.807) is 24.5 Å². The standard InChI is InChI=1S/C18H19ClFN3O2/c19-14-4-1-5-15(20)17(14)25-10-9-22-18(24)16(23-13-6-7-13)12-3-2-8-21-11-12/h1-5,8,11,13,16,23H,6-7,9-10H2,(H,22,24). The Bertz CT molecular complexity index is 705. The molecule has 132 valence electrons. The summed E-state index contributed by atoms with van der Waals surface area (Å²) in [5.74, 6) is -0.691. The fraction of sp³-hybridized carbons (Fsp3) is 0.333. The number of ether oxygens (including phenoxy) is 1. The molecule has 1 saturated carbocycles. The molecule has 0 aliphatic heterocycles. The predicted molar refractivity (Wildman–Crippen MR) is 93.1 cm³/mol. The largest absolute Gasteiger partial charge is 0.487 e. The SMILES string of the molecule is O=C(NCCOc1c(F)cccc1Cl)C(NC1CC1)c1cccnc1. The minimum Gasteiger partial charge on any atom is -0.487 e. The second-order valence-corrected chi connectivity index (χ2v) is 6.26. The lowest BCUT2D eigenvalue weighted by Crippen LogP contribution is -2.40. The van der Waals surface area contributed by atoms with E-state index in [0.717, 1.165) is 18.4 Å². The quantitative estimate of drug-likeness (QED) is 0.708. The van der Waals surface area contributed by atoms with Crippen LogP contribution in [0.2, 0.25) is 5.02 Å². The molecule has 5 nitrogen and oxygen atoms in total. The van der Waals surface area contributed by atoms with Crippen LogP contribution in [-0.4, -0.2) is 30.1 Å². The monoisotopic (exact) mass is 363 g/mol. The first-order valence-electron chi connectivity index (χ1n) is 8.15. The lowest BCUT2D eigenvalue weighted by Gasteiger charge is -2.18. The molecule has 0 saturated heterocycles. The summed E-state index contributed by atoms with van der Waals surface area (Å²) in [5, 5.41) is 6.32. The number of pyridine rings is 1. The van der Waals surface area contributed by atoms with E-state index in [4.69, 9.17) is 16.3 Å². The molecule has 1 unspecified atom stereocenters.